The summed E-state index contributed by atoms with van der Waals surface area (Å²) < 4.78 is 16.1. The third-order valence-corrected chi connectivity index (χ3v) is 5.92. The van der Waals surface area contributed by atoms with Crippen LogP contribution in [0.5, 0.6) is 0 Å². The van der Waals surface area contributed by atoms with Gasteiger partial charge in [-0.15, -0.1) is 0 Å². The molecule has 0 aromatic heterocycles. The molecule has 3 rings (SSSR count). The highest BCUT2D eigenvalue weighted by molar-refractivity contribution is 5.82. The number of ether oxygens (including phenoxy) is 3. The van der Waals surface area contributed by atoms with Crippen molar-refractivity contribution in [2.45, 2.75) is 32.6 Å². The Balaban J connectivity index is 1.85. The van der Waals surface area contributed by atoms with Crippen LogP contribution in [-0.2, 0) is 28.6 Å². The molecule has 6 nitrogen and oxygen atoms in total. The highest BCUT2D eigenvalue weighted by atomic mass is 16.5. The summed E-state index contributed by atoms with van der Waals surface area (Å²) >= 11 is 0. The topological polar surface area (TPSA) is 78.9 Å². The molecule has 0 aromatic carbocycles. The summed E-state index contributed by atoms with van der Waals surface area (Å²) in [7, 11) is 1.36. The van der Waals surface area contributed by atoms with Crippen LogP contribution in [0.25, 0.3) is 0 Å². The number of esters is 3. The second-order valence-electron chi connectivity index (χ2n) is 7.38. The monoisotopic (exact) mass is 350 g/mol. The second-order valence-corrected chi connectivity index (χ2v) is 7.38. The molecule has 0 bridgehead atoms. The standard InChI is InChI=1S/C19H26O6/c1-11-7-8-12-9-24-17(20)13-5-3-4-6-14(13)18(21)25-10-15(12)16(11)19(22)23-2/h7-8,11-16H,3-6,9-10H2,1-2H3/t11-,12-,13-,14-,15-,16-/m1/s1. The zero-order chi connectivity index (χ0) is 18.0. The van der Waals surface area contributed by atoms with Crippen molar-refractivity contribution < 1.29 is 28.6 Å². The second kappa shape index (κ2) is 7.58. The molecule has 0 aromatic rings. The van der Waals surface area contributed by atoms with Gasteiger partial charge in [-0.1, -0.05) is 31.9 Å². The molecule has 0 N–H and O–H groups in total. The van der Waals surface area contributed by atoms with Gasteiger partial charge in [-0.25, -0.2) is 0 Å². The van der Waals surface area contributed by atoms with E-state index in [-0.39, 0.29) is 48.9 Å². The molecule has 3 aliphatic rings. The Kier molecular flexibility index (Phi) is 5.45. The molecule has 1 heterocycles. The number of hydrogen-bond acceptors (Lipinski definition) is 6. The van der Waals surface area contributed by atoms with Gasteiger partial charge in [0.1, 0.15) is 0 Å². The van der Waals surface area contributed by atoms with Crippen LogP contribution in [0, 0.1) is 35.5 Å². The lowest BCUT2D eigenvalue weighted by Crippen LogP contribution is -2.44. The van der Waals surface area contributed by atoms with E-state index in [0.29, 0.717) is 12.8 Å². The number of rotatable bonds is 1. The maximum absolute atomic E-state index is 12.5. The number of carbonyl (C=O) groups is 3. The molecule has 0 spiro atoms. The van der Waals surface area contributed by atoms with E-state index in [1.807, 2.05) is 19.1 Å². The lowest BCUT2D eigenvalue weighted by atomic mass is 9.71. The summed E-state index contributed by atoms with van der Waals surface area (Å²) in [6.45, 7) is 2.30. The van der Waals surface area contributed by atoms with Crippen molar-refractivity contribution in [1.29, 1.82) is 0 Å². The fourth-order valence-electron chi connectivity index (χ4n) is 4.43. The minimum Gasteiger partial charge on any atom is -0.469 e. The largest absolute Gasteiger partial charge is 0.469 e. The van der Waals surface area contributed by atoms with Crippen LogP contribution < -0.4 is 0 Å². The predicted molar refractivity (Wildman–Crippen MR) is 88.2 cm³/mol. The molecule has 0 unspecified atom stereocenters. The van der Waals surface area contributed by atoms with Crippen molar-refractivity contribution in [1.82, 2.24) is 0 Å². The maximum Gasteiger partial charge on any atom is 0.309 e. The first-order valence-corrected chi connectivity index (χ1v) is 9.12. The molecule has 1 saturated heterocycles. The van der Waals surface area contributed by atoms with Crippen LogP contribution in [0.3, 0.4) is 0 Å². The summed E-state index contributed by atoms with van der Waals surface area (Å²) in [6.07, 6.45) is 7.09. The lowest BCUT2D eigenvalue weighted by Gasteiger charge is -2.38. The Hall–Kier alpha value is -1.85. The zero-order valence-corrected chi connectivity index (χ0v) is 14.8. The molecule has 1 saturated carbocycles. The van der Waals surface area contributed by atoms with E-state index in [2.05, 4.69) is 0 Å². The van der Waals surface area contributed by atoms with Crippen molar-refractivity contribution in [2.75, 3.05) is 20.3 Å². The van der Waals surface area contributed by atoms with E-state index in [0.717, 1.165) is 12.8 Å². The number of fused-ring (bicyclic) bond motifs is 2. The quantitative estimate of drug-likeness (QED) is 0.409. The van der Waals surface area contributed by atoms with E-state index in [4.69, 9.17) is 14.2 Å². The van der Waals surface area contributed by atoms with Gasteiger partial charge < -0.3 is 14.2 Å². The van der Waals surface area contributed by atoms with Gasteiger partial charge in [-0.05, 0) is 18.8 Å². The molecule has 6 atom stereocenters. The number of cyclic esters (lactones) is 2. The summed E-state index contributed by atoms with van der Waals surface area (Å²) in [4.78, 5) is 37.3. The fraction of sp³-hybridized carbons (Fsp3) is 0.737. The van der Waals surface area contributed by atoms with Crippen LogP contribution in [0.4, 0.5) is 0 Å². The number of hydrogen-bond donors (Lipinski definition) is 0. The van der Waals surface area contributed by atoms with Gasteiger partial charge >= 0.3 is 17.9 Å². The maximum atomic E-state index is 12.5. The van der Waals surface area contributed by atoms with Crippen molar-refractivity contribution >= 4 is 17.9 Å². The lowest BCUT2D eigenvalue weighted by molar-refractivity contribution is -0.171. The summed E-state index contributed by atoms with van der Waals surface area (Å²) in [6, 6.07) is 0. The zero-order valence-electron chi connectivity index (χ0n) is 14.8. The minimum atomic E-state index is -0.425. The Morgan fingerprint density at radius 1 is 1.04 bits per heavy atom. The third-order valence-electron chi connectivity index (χ3n) is 5.92. The SMILES string of the molecule is COC(=O)[C@H]1[C@@H]2COC(=O)[C@@H]3CCCC[C@H]3C(=O)OC[C@H]2C=C[C@H]1C. The Bertz CT molecular complexity index is 568. The van der Waals surface area contributed by atoms with Crippen LogP contribution in [-0.4, -0.2) is 38.2 Å². The van der Waals surface area contributed by atoms with Crippen molar-refractivity contribution in [3.63, 3.8) is 0 Å². The Morgan fingerprint density at radius 2 is 1.64 bits per heavy atom. The highest BCUT2D eigenvalue weighted by Gasteiger charge is 2.44. The van der Waals surface area contributed by atoms with Crippen LogP contribution in [0.1, 0.15) is 32.6 Å². The van der Waals surface area contributed by atoms with Gasteiger partial charge in [-0.3, -0.25) is 14.4 Å². The van der Waals surface area contributed by atoms with E-state index < -0.39 is 17.8 Å². The minimum absolute atomic E-state index is 0.0199. The van der Waals surface area contributed by atoms with Crippen LogP contribution >= 0.6 is 0 Å². The van der Waals surface area contributed by atoms with Gasteiger partial charge in [0.25, 0.3) is 0 Å². The summed E-state index contributed by atoms with van der Waals surface area (Å²) in [5.41, 5.74) is 0. The van der Waals surface area contributed by atoms with Gasteiger partial charge in [0.15, 0.2) is 0 Å². The highest BCUT2D eigenvalue weighted by Crippen LogP contribution is 2.38. The molecule has 0 radical (unpaired) electrons. The molecule has 25 heavy (non-hydrogen) atoms. The first-order valence-electron chi connectivity index (χ1n) is 9.12. The first kappa shape index (κ1) is 18.0. The van der Waals surface area contributed by atoms with Crippen molar-refractivity contribution in [3.05, 3.63) is 12.2 Å². The number of allylic oxidation sites excluding steroid dienone is 1. The molecule has 2 fully saturated rings. The van der Waals surface area contributed by atoms with Crippen LogP contribution in [0.2, 0.25) is 0 Å². The van der Waals surface area contributed by atoms with E-state index in [1.165, 1.54) is 7.11 Å². The third kappa shape index (κ3) is 3.58. The van der Waals surface area contributed by atoms with Crippen molar-refractivity contribution in [2.24, 2.45) is 35.5 Å². The van der Waals surface area contributed by atoms with E-state index in [9.17, 15) is 14.4 Å². The first-order chi connectivity index (χ1) is 12.0. The molecule has 6 heteroatoms. The van der Waals surface area contributed by atoms with Crippen LogP contribution in [0.15, 0.2) is 12.2 Å². The normalized spacial score (nSPS) is 38.6. The average molecular weight is 350 g/mol. The Labute approximate surface area is 147 Å². The van der Waals surface area contributed by atoms with Crippen molar-refractivity contribution in [3.8, 4) is 0 Å². The molecular formula is C19H26O6. The molecular weight excluding hydrogens is 324 g/mol. The Morgan fingerprint density at radius 3 is 2.24 bits per heavy atom. The van der Waals surface area contributed by atoms with Gasteiger partial charge in [0.05, 0.1) is 38.1 Å². The molecule has 138 valence electrons. The number of methoxy groups -OCH3 is 1. The summed E-state index contributed by atoms with van der Waals surface area (Å²) in [5.74, 6) is -2.63. The van der Waals surface area contributed by atoms with Gasteiger partial charge in [-0.2, -0.15) is 0 Å². The van der Waals surface area contributed by atoms with E-state index in [1.54, 1.807) is 0 Å². The molecule has 0 amide bonds. The predicted octanol–water partition coefficient (Wildman–Crippen LogP) is 2.12. The van der Waals surface area contributed by atoms with Gasteiger partial charge in [0, 0.05) is 11.8 Å². The smallest absolute Gasteiger partial charge is 0.309 e. The van der Waals surface area contributed by atoms with E-state index >= 15 is 0 Å². The molecule has 2 aliphatic carbocycles. The average Bonchev–Trinajstić information content (AvgIpc) is 2.63. The fourth-order valence-corrected chi connectivity index (χ4v) is 4.43. The number of carbonyl (C=O) groups excluding carboxylic acids is 3. The van der Waals surface area contributed by atoms with Gasteiger partial charge in [0.2, 0.25) is 0 Å². The summed E-state index contributed by atoms with van der Waals surface area (Å²) in [5, 5.41) is 0. The molecule has 1 aliphatic heterocycles.